The van der Waals surface area contributed by atoms with E-state index in [1.165, 1.54) is 18.4 Å². The smallest absolute Gasteiger partial charge is 0.243 e. The number of phenols is 1. The lowest BCUT2D eigenvalue weighted by Crippen LogP contribution is -2.48. The Labute approximate surface area is 455 Å². The van der Waals surface area contributed by atoms with Crippen LogP contribution in [0.15, 0.2) is 77.0 Å². The number of benzene rings is 2. The third-order valence-electron chi connectivity index (χ3n) is 17.4. The number of amides is 2. The van der Waals surface area contributed by atoms with Gasteiger partial charge in [0.1, 0.15) is 23.4 Å². The normalized spacial score (nSPS) is 22.5. The molecule has 11 rings (SSSR count). The molecule has 18 nitrogen and oxygen atoms in total. The van der Waals surface area contributed by atoms with Gasteiger partial charge in [-0.25, -0.2) is 15.0 Å². The highest BCUT2D eigenvalue weighted by molar-refractivity contribution is 7.13. The van der Waals surface area contributed by atoms with Gasteiger partial charge in [0.05, 0.1) is 33.9 Å². The fourth-order valence-corrected chi connectivity index (χ4v) is 13.8. The molecule has 5 saturated heterocycles. The van der Waals surface area contributed by atoms with Gasteiger partial charge in [0.2, 0.25) is 17.8 Å². The molecule has 5 aliphatic heterocycles. The highest BCUT2D eigenvalue weighted by Crippen LogP contribution is 2.44. The number of nitrogen functional groups attached to an aromatic ring is 2. The van der Waals surface area contributed by atoms with Gasteiger partial charge in [-0.1, -0.05) is 55.4 Å². The molecule has 406 valence electrons. The van der Waals surface area contributed by atoms with E-state index in [1.807, 2.05) is 50.0 Å². The molecule has 5 fully saturated rings. The largest absolute Gasteiger partial charge is 0.507 e. The first kappa shape index (κ1) is 52.1. The summed E-state index contributed by atoms with van der Waals surface area (Å²) in [6.45, 7) is 13.1. The molecule has 0 radical (unpaired) electrons. The average molecular weight is 1060 g/mol. The van der Waals surface area contributed by atoms with E-state index in [2.05, 4.69) is 71.9 Å². The zero-order valence-corrected chi connectivity index (χ0v) is 45.6. The van der Waals surface area contributed by atoms with Crippen molar-refractivity contribution in [2.45, 2.75) is 134 Å². The molecule has 8 N–H and O–H groups in total. The van der Waals surface area contributed by atoms with Crippen LogP contribution in [0, 0.1) is 18.8 Å². The SMILES string of the molecule is Cc1ncsc1-c1ccc([C@H](C)NC(=O)[C@@H]2CCCN2C(=O)C(c2cc(N3CCC(CN4C5CCC4CC(c4cnc(N6CCC(n7nc(N)c(N)c7/C=C(\N)c7ccccc7O)CC6)nc4)C5)CC3)no2)C(C)C)cc1. The summed E-state index contributed by atoms with van der Waals surface area (Å²) in [6.07, 6.45) is 15.8. The third kappa shape index (κ3) is 10.7. The van der Waals surface area contributed by atoms with E-state index in [0.717, 1.165) is 111 Å². The molecule has 19 heteroatoms. The van der Waals surface area contributed by atoms with Crippen LogP contribution in [0.25, 0.3) is 22.2 Å². The van der Waals surface area contributed by atoms with Gasteiger partial charge in [0.25, 0.3) is 0 Å². The summed E-state index contributed by atoms with van der Waals surface area (Å²) < 4.78 is 7.90. The minimum absolute atomic E-state index is 0.0431. The van der Waals surface area contributed by atoms with Crippen molar-refractivity contribution in [2.75, 3.05) is 60.5 Å². The van der Waals surface area contributed by atoms with Crippen molar-refractivity contribution in [1.29, 1.82) is 0 Å². The number of para-hydroxylation sites is 1. The Morgan fingerprint density at radius 3 is 2.25 bits per heavy atom. The van der Waals surface area contributed by atoms with Crippen LogP contribution in [0.2, 0.25) is 0 Å². The lowest BCUT2D eigenvalue weighted by Gasteiger charge is -2.42. The highest BCUT2D eigenvalue weighted by Gasteiger charge is 2.44. The van der Waals surface area contributed by atoms with Crippen LogP contribution in [-0.4, -0.2) is 114 Å². The molecule has 4 aromatic heterocycles. The summed E-state index contributed by atoms with van der Waals surface area (Å²) in [7, 11) is 0. The minimum atomic E-state index is -0.535. The number of nitrogens with zero attached hydrogens (tertiary/aromatic N) is 10. The van der Waals surface area contributed by atoms with Gasteiger partial charge in [-0.3, -0.25) is 19.2 Å². The van der Waals surface area contributed by atoms with Gasteiger partial charge in [-0.2, -0.15) is 5.10 Å². The molecule has 3 unspecified atom stereocenters. The maximum atomic E-state index is 14.4. The van der Waals surface area contributed by atoms with Crippen LogP contribution in [-0.2, 0) is 9.59 Å². The lowest BCUT2D eigenvalue weighted by atomic mass is 9.85. The van der Waals surface area contributed by atoms with E-state index >= 15 is 0 Å². The molecule has 6 aromatic rings. The van der Waals surface area contributed by atoms with Crippen molar-refractivity contribution in [1.82, 2.24) is 45.0 Å². The van der Waals surface area contributed by atoms with E-state index in [0.29, 0.717) is 65.3 Å². The van der Waals surface area contributed by atoms with Gasteiger partial charge in [0.15, 0.2) is 17.4 Å². The van der Waals surface area contributed by atoms with Crippen LogP contribution < -0.4 is 32.3 Å². The molecular formula is C58H74N14O4S. The molecule has 77 heavy (non-hydrogen) atoms. The molecule has 5 aliphatic rings. The number of carbonyl (C=O) groups is 2. The van der Waals surface area contributed by atoms with Crippen LogP contribution in [0.4, 0.5) is 23.3 Å². The fourth-order valence-electron chi connectivity index (χ4n) is 13.0. The number of aromatic hydroxyl groups is 1. The molecule has 0 spiro atoms. The van der Waals surface area contributed by atoms with Gasteiger partial charge in [0, 0.05) is 81.1 Å². The van der Waals surface area contributed by atoms with E-state index in [1.54, 1.807) is 40.5 Å². The summed E-state index contributed by atoms with van der Waals surface area (Å²) in [5, 5.41) is 22.7. The number of rotatable bonds is 15. The second-order valence-electron chi connectivity index (χ2n) is 22.6. The topological polar surface area (TPSA) is 240 Å². The average Bonchev–Trinajstić information content (AvgIpc) is 4.30. The Hall–Kier alpha value is -6.99. The number of hydrogen-bond acceptors (Lipinski definition) is 16. The van der Waals surface area contributed by atoms with Gasteiger partial charge in [-0.15, -0.1) is 11.3 Å². The summed E-state index contributed by atoms with van der Waals surface area (Å²) in [6, 6.07) is 17.7. The van der Waals surface area contributed by atoms with Crippen molar-refractivity contribution >= 4 is 58.2 Å². The van der Waals surface area contributed by atoms with E-state index in [-0.39, 0.29) is 41.4 Å². The molecule has 2 aromatic carbocycles. The van der Waals surface area contributed by atoms with Crippen LogP contribution >= 0.6 is 11.3 Å². The second-order valence-corrected chi connectivity index (χ2v) is 23.4. The first-order chi connectivity index (χ1) is 37.3. The Balaban J connectivity index is 0.645. The molecular weight excluding hydrogens is 989 g/mol. The number of aryl methyl sites for hydroxylation is 1. The van der Waals surface area contributed by atoms with E-state index in [4.69, 9.17) is 31.7 Å². The van der Waals surface area contributed by atoms with Crippen LogP contribution in [0.5, 0.6) is 5.75 Å². The zero-order valence-electron chi connectivity index (χ0n) is 44.8. The number of anilines is 4. The molecule has 5 atom stereocenters. The lowest BCUT2D eigenvalue weighted by molar-refractivity contribution is -0.141. The number of nitrogens with two attached hydrogens (primary N) is 3. The molecule has 2 amide bonds. The number of piperidine rings is 3. The maximum Gasteiger partial charge on any atom is 0.243 e. The summed E-state index contributed by atoms with van der Waals surface area (Å²) >= 11 is 1.62. The minimum Gasteiger partial charge on any atom is -0.507 e. The number of nitrogens with one attached hydrogen (secondary N) is 1. The quantitative estimate of drug-likeness (QED) is 0.0648. The van der Waals surface area contributed by atoms with Crippen LogP contribution in [0.1, 0.15) is 143 Å². The van der Waals surface area contributed by atoms with Crippen molar-refractivity contribution in [3.63, 3.8) is 0 Å². The molecule has 0 aliphatic carbocycles. The first-order valence-electron chi connectivity index (χ1n) is 27.8. The number of thiazole rings is 1. The summed E-state index contributed by atoms with van der Waals surface area (Å²) in [4.78, 5) is 52.8. The van der Waals surface area contributed by atoms with Crippen molar-refractivity contribution in [2.24, 2.45) is 17.6 Å². The zero-order chi connectivity index (χ0) is 53.5. The van der Waals surface area contributed by atoms with Crippen LogP contribution in [0.3, 0.4) is 0 Å². The predicted octanol–water partition coefficient (Wildman–Crippen LogP) is 8.50. The number of phenolic OH excluding ortho intramolecular Hbond substituents is 1. The fraction of sp³-hybridized carbons (Fsp3) is 0.500. The second kappa shape index (κ2) is 22.2. The number of fused-ring (bicyclic) bond motifs is 2. The molecule has 9 heterocycles. The van der Waals surface area contributed by atoms with Gasteiger partial charge in [-0.05, 0) is 131 Å². The monoisotopic (exact) mass is 1060 g/mol. The van der Waals surface area contributed by atoms with Gasteiger partial charge >= 0.3 is 0 Å². The summed E-state index contributed by atoms with van der Waals surface area (Å²) in [5.41, 5.74) is 27.2. The maximum absolute atomic E-state index is 14.4. The van der Waals surface area contributed by atoms with Crippen molar-refractivity contribution in [3.05, 3.63) is 106 Å². The van der Waals surface area contributed by atoms with Gasteiger partial charge < -0.3 is 46.8 Å². The Morgan fingerprint density at radius 1 is 0.870 bits per heavy atom. The van der Waals surface area contributed by atoms with E-state index in [9.17, 15) is 14.7 Å². The third-order valence-corrected chi connectivity index (χ3v) is 18.4. The Kier molecular flexibility index (Phi) is 15.0. The predicted molar refractivity (Wildman–Crippen MR) is 302 cm³/mol. The van der Waals surface area contributed by atoms with E-state index < -0.39 is 12.0 Å². The Morgan fingerprint density at radius 2 is 1.57 bits per heavy atom. The standard InChI is InChI=1S/C58H74N14O4S/c1-34(2)52(57(75)70-21-7-9-47(70)56(74)65-35(3)38-11-13-39(14-12-38)54-36(4)64-33-77-54)50-29-51(67-76-50)68-22-17-37(18-23-68)32-71-43-15-16-44(71)27-40(26-43)41-30-62-58(63-31-41)69-24-19-42(20-25-69)72-48(53(60)55(61)66-72)28-46(59)45-8-5-6-10-49(45)73/h5-6,8,10-14,28-31,33-35,37,40,42-44,47,52,73H,7,9,15-27,32,59-60H2,1-4H3,(H2,61,66)(H,65,74)/b46-28-/t35-,40?,43?,44?,47-,52?/m0/s1. The number of carbonyl (C=O) groups excluding carboxylic acids is 2. The number of likely N-dealkylation sites (tertiary alicyclic amines) is 1. The molecule has 0 saturated carbocycles. The van der Waals surface area contributed by atoms with Crippen molar-refractivity contribution in [3.8, 4) is 16.2 Å². The number of hydrogen-bond donors (Lipinski definition) is 5. The summed E-state index contributed by atoms with van der Waals surface area (Å²) in [5.74, 6) is 2.75. The Bertz CT molecular complexity index is 3050. The highest BCUT2D eigenvalue weighted by atomic mass is 32.1. The molecule has 2 bridgehead atoms. The first-order valence-corrected chi connectivity index (χ1v) is 28.7. The number of aromatic nitrogens is 6. The van der Waals surface area contributed by atoms with Crippen molar-refractivity contribution < 1.29 is 19.2 Å².